The molecule has 10 rings (SSSR count). The number of hydrogen-bond acceptors (Lipinski definition) is 2. The zero-order valence-electron chi connectivity index (χ0n) is 35.0. The highest BCUT2D eigenvalue weighted by molar-refractivity contribution is 6.17. The molecule has 0 saturated heterocycles. The zero-order chi connectivity index (χ0) is 41.5. The van der Waals surface area contributed by atoms with Gasteiger partial charge in [-0.1, -0.05) is 150 Å². The molecule has 10 aromatic rings. The number of hydrogen-bond donors (Lipinski definition) is 0. The third kappa shape index (κ3) is 7.15. The lowest BCUT2D eigenvalue weighted by Crippen LogP contribution is -2.09. The maximum atomic E-state index is 2.48. The molecule has 0 saturated carbocycles. The minimum absolute atomic E-state index is 1.11. The van der Waals surface area contributed by atoms with Crippen LogP contribution in [0.3, 0.4) is 0 Å². The standard InChI is InChI=1S/C58H47N3/c1-40-16-28-47(29-17-40)59(48-30-18-41(2)19-31-48)51-36-24-44(25-37-51)53-12-8-14-55-56-15-9-13-54(58(56)61(57(53)55)46-10-6-5-7-11-46)45-26-38-52(39-27-45)60(49-32-20-42(3)21-33-49)50-34-22-43(4)23-35-50/h5-39H,1-4H3. The van der Waals surface area contributed by atoms with Gasteiger partial charge in [0.25, 0.3) is 0 Å². The second-order valence-corrected chi connectivity index (χ2v) is 16.2. The van der Waals surface area contributed by atoms with Crippen molar-refractivity contribution in [2.24, 2.45) is 0 Å². The molecule has 61 heavy (non-hydrogen) atoms. The molecule has 0 spiro atoms. The van der Waals surface area contributed by atoms with Gasteiger partial charge in [0.2, 0.25) is 0 Å². The fourth-order valence-electron chi connectivity index (χ4n) is 8.67. The summed E-state index contributed by atoms with van der Waals surface area (Å²) in [5.41, 5.74) is 20.0. The van der Waals surface area contributed by atoms with Gasteiger partial charge in [0.15, 0.2) is 0 Å². The van der Waals surface area contributed by atoms with Gasteiger partial charge in [0.05, 0.1) is 11.0 Å². The lowest BCUT2D eigenvalue weighted by molar-refractivity contribution is 1.18. The van der Waals surface area contributed by atoms with Gasteiger partial charge >= 0.3 is 0 Å². The summed E-state index contributed by atoms with van der Waals surface area (Å²) >= 11 is 0. The topological polar surface area (TPSA) is 11.4 Å². The van der Waals surface area contributed by atoms with Crippen molar-refractivity contribution in [1.82, 2.24) is 4.57 Å². The summed E-state index contributed by atoms with van der Waals surface area (Å²) in [6.07, 6.45) is 0. The van der Waals surface area contributed by atoms with Gasteiger partial charge < -0.3 is 14.4 Å². The smallest absolute Gasteiger partial charge is 0.0619 e. The first-order chi connectivity index (χ1) is 29.9. The third-order valence-electron chi connectivity index (χ3n) is 11.9. The summed E-state index contributed by atoms with van der Waals surface area (Å²) in [6, 6.07) is 77.6. The molecule has 3 heteroatoms. The lowest BCUT2D eigenvalue weighted by atomic mass is 9.99. The molecule has 9 aromatic carbocycles. The van der Waals surface area contributed by atoms with Gasteiger partial charge in [-0.25, -0.2) is 0 Å². The van der Waals surface area contributed by atoms with Crippen LogP contribution in [0.4, 0.5) is 34.1 Å². The van der Waals surface area contributed by atoms with Gasteiger partial charge in [-0.2, -0.15) is 0 Å². The summed E-state index contributed by atoms with van der Waals surface area (Å²) in [5.74, 6) is 0. The predicted octanol–water partition coefficient (Wildman–Crippen LogP) is 16.3. The Morgan fingerprint density at radius 2 is 0.574 bits per heavy atom. The van der Waals surface area contributed by atoms with Crippen LogP contribution in [0.1, 0.15) is 22.3 Å². The van der Waals surface area contributed by atoms with Crippen LogP contribution in [-0.4, -0.2) is 4.57 Å². The molecule has 0 unspecified atom stereocenters. The van der Waals surface area contributed by atoms with E-state index >= 15 is 0 Å². The molecule has 0 fully saturated rings. The summed E-state index contributed by atoms with van der Waals surface area (Å²) in [7, 11) is 0. The van der Waals surface area contributed by atoms with Gasteiger partial charge in [0.1, 0.15) is 0 Å². The van der Waals surface area contributed by atoms with Crippen LogP contribution >= 0.6 is 0 Å². The van der Waals surface area contributed by atoms with Crippen LogP contribution < -0.4 is 9.80 Å². The van der Waals surface area contributed by atoms with E-state index in [2.05, 4.69) is 254 Å². The predicted molar refractivity (Wildman–Crippen MR) is 260 cm³/mol. The van der Waals surface area contributed by atoms with E-state index in [1.807, 2.05) is 0 Å². The zero-order valence-corrected chi connectivity index (χ0v) is 35.0. The highest BCUT2D eigenvalue weighted by Gasteiger charge is 2.21. The monoisotopic (exact) mass is 785 g/mol. The number of benzene rings is 9. The van der Waals surface area contributed by atoms with E-state index in [9.17, 15) is 0 Å². The highest BCUT2D eigenvalue weighted by atomic mass is 15.1. The fraction of sp³-hybridized carbons (Fsp3) is 0.0690. The molecule has 0 aliphatic rings. The van der Waals surface area contributed by atoms with Gasteiger partial charge in [-0.3, -0.25) is 0 Å². The maximum absolute atomic E-state index is 2.48. The SMILES string of the molecule is Cc1ccc(N(c2ccc(C)cc2)c2ccc(-c3cccc4c5cccc(-c6ccc(N(c7ccc(C)cc7)c7ccc(C)cc7)cc6)c5n(-c5ccccc5)c34)cc2)cc1. The number of aromatic nitrogens is 1. The van der Waals surface area contributed by atoms with Crippen LogP contribution in [-0.2, 0) is 0 Å². The Bertz CT molecular complexity index is 2820. The Morgan fingerprint density at radius 1 is 0.279 bits per heavy atom. The van der Waals surface area contributed by atoms with Gasteiger partial charge in [-0.05, 0) is 124 Å². The van der Waals surface area contributed by atoms with Crippen LogP contribution in [0.15, 0.2) is 212 Å². The quantitative estimate of drug-likeness (QED) is 0.144. The first-order valence-electron chi connectivity index (χ1n) is 21.1. The van der Waals surface area contributed by atoms with Crippen molar-refractivity contribution >= 4 is 55.9 Å². The molecule has 0 atom stereocenters. The van der Waals surface area contributed by atoms with Crippen LogP contribution in [0.2, 0.25) is 0 Å². The molecule has 0 aliphatic heterocycles. The minimum atomic E-state index is 1.11. The van der Waals surface area contributed by atoms with Crippen LogP contribution in [0.5, 0.6) is 0 Å². The van der Waals surface area contributed by atoms with E-state index in [0.717, 1.165) is 39.8 Å². The summed E-state index contributed by atoms with van der Waals surface area (Å²) in [5, 5.41) is 2.45. The Hall–Kier alpha value is -7.62. The number of rotatable bonds is 9. The molecule has 0 bridgehead atoms. The van der Waals surface area contributed by atoms with Crippen LogP contribution in [0.25, 0.3) is 49.7 Å². The first-order valence-corrected chi connectivity index (χ1v) is 21.1. The molecule has 0 aliphatic carbocycles. The third-order valence-corrected chi connectivity index (χ3v) is 11.9. The van der Waals surface area contributed by atoms with Crippen molar-refractivity contribution in [2.75, 3.05) is 9.80 Å². The van der Waals surface area contributed by atoms with Crippen molar-refractivity contribution in [3.63, 3.8) is 0 Å². The second kappa shape index (κ2) is 15.9. The number of para-hydroxylation sites is 3. The van der Waals surface area contributed by atoms with Crippen LogP contribution in [0, 0.1) is 27.7 Å². The van der Waals surface area contributed by atoms with Crippen molar-refractivity contribution < 1.29 is 0 Å². The molecular weight excluding hydrogens is 739 g/mol. The minimum Gasteiger partial charge on any atom is -0.311 e. The molecule has 3 nitrogen and oxygen atoms in total. The highest BCUT2D eigenvalue weighted by Crippen LogP contribution is 2.44. The molecule has 0 amide bonds. The Kier molecular flexibility index (Phi) is 9.78. The average Bonchev–Trinajstić information content (AvgIpc) is 3.65. The summed E-state index contributed by atoms with van der Waals surface area (Å²) in [6.45, 7) is 8.54. The normalized spacial score (nSPS) is 11.3. The van der Waals surface area contributed by atoms with E-state index < -0.39 is 0 Å². The maximum Gasteiger partial charge on any atom is 0.0619 e. The Labute approximate surface area is 359 Å². The van der Waals surface area contributed by atoms with E-state index in [1.165, 1.54) is 66.3 Å². The van der Waals surface area contributed by atoms with E-state index in [0.29, 0.717) is 0 Å². The molecule has 294 valence electrons. The van der Waals surface area contributed by atoms with Crippen molar-refractivity contribution in [2.45, 2.75) is 27.7 Å². The summed E-state index contributed by atoms with van der Waals surface area (Å²) < 4.78 is 2.48. The molecule has 1 heterocycles. The summed E-state index contributed by atoms with van der Waals surface area (Å²) in [4.78, 5) is 4.67. The number of anilines is 6. The molecule has 0 N–H and O–H groups in total. The number of nitrogens with zero attached hydrogens (tertiary/aromatic N) is 3. The first kappa shape index (κ1) is 37.6. The lowest BCUT2D eigenvalue weighted by Gasteiger charge is -2.26. The van der Waals surface area contributed by atoms with Crippen molar-refractivity contribution in [1.29, 1.82) is 0 Å². The molecule has 0 radical (unpaired) electrons. The molecule has 1 aromatic heterocycles. The largest absolute Gasteiger partial charge is 0.311 e. The van der Waals surface area contributed by atoms with Gasteiger partial charge in [0, 0.05) is 61.7 Å². The number of fused-ring (bicyclic) bond motifs is 3. The molecular formula is C58H47N3. The van der Waals surface area contributed by atoms with E-state index in [1.54, 1.807) is 0 Å². The fourth-order valence-corrected chi connectivity index (χ4v) is 8.67. The number of aryl methyl sites for hydroxylation is 4. The van der Waals surface area contributed by atoms with Crippen molar-refractivity contribution in [3.8, 4) is 27.9 Å². The Morgan fingerprint density at radius 3 is 0.885 bits per heavy atom. The Balaban J connectivity index is 1.11. The van der Waals surface area contributed by atoms with Crippen molar-refractivity contribution in [3.05, 3.63) is 235 Å². The van der Waals surface area contributed by atoms with E-state index in [-0.39, 0.29) is 0 Å². The van der Waals surface area contributed by atoms with E-state index in [4.69, 9.17) is 0 Å². The van der Waals surface area contributed by atoms with Gasteiger partial charge in [-0.15, -0.1) is 0 Å². The second-order valence-electron chi connectivity index (χ2n) is 16.2. The average molecular weight is 786 g/mol.